The van der Waals surface area contributed by atoms with Crippen molar-refractivity contribution >= 4 is 29.0 Å². The summed E-state index contributed by atoms with van der Waals surface area (Å²) in [5.74, 6) is 0.188. The van der Waals surface area contributed by atoms with Gasteiger partial charge >= 0.3 is 0 Å². The Bertz CT molecular complexity index is 703. The van der Waals surface area contributed by atoms with E-state index in [1.807, 2.05) is 29.2 Å². The predicted octanol–water partition coefficient (Wildman–Crippen LogP) is 2.87. The van der Waals surface area contributed by atoms with Crippen molar-refractivity contribution in [3.05, 3.63) is 53.6 Å². The first kappa shape index (κ1) is 12.8. The Balaban J connectivity index is 1.62. The van der Waals surface area contributed by atoms with Crippen LogP contribution in [0.5, 0.6) is 0 Å². The summed E-state index contributed by atoms with van der Waals surface area (Å²) in [6.07, 6.45) is 1.72. The molecule has 1 unspecified atom stereocenters. The largest absolute Gasteiger partial charge is 0.397 e. The molecule has 1 amide bonds. The maximum atomic E-state index is 12.9. The Labute approximate surface area is 128 Å². The maximum Gasteiger partial charge on any atom is 0.240 e. The SMILES string of the molecule is Nc1cccc2c1N(C(=O)C1Cc3ccccc3S1)CC2. The molecule has 0 aromatic heterocycles. The van der Waals surface area contributed by atoms with Gasteiger partial charge in [-0.1, -0.05) is 30.3 Å². The molecule has 0 saturated carbocycles. The number of anilines is 2. The highest BCUT2D eigenvalue weighted by Crippen LogP contribution is 2.40. The molecule has 2 aliphatic rings. The number of benzene rings is 2. The maximum absolute atomic E-state index is 12.9. The summed E-state index contributed by atoms with van der Waals surface area (Å²) in [5.41, 5.74) is 10.2. The number of nitrogen functional groups attached to an aromatic ring is 1. The lowest BCUT2D eigenvalue weighted by Crippen LogP contribution is -2.36. The molecular formula is C17H16N2OS. The molecule has 21 heavy (non-hydrogen) atoms. The van der Waals surface area contributed by atoms with Gasteiger partial charge in [0, 0.05) is 11.4 Å². The lowest BCUT2D eigenvalue weighted by molar-refractivity contribution is -0.117. The van der Waals surface area contributed by atoms with Gasteiger partial charge in [0.1, 0.15) is 0 Å². The first-order valence-corrected chi connectivity index (χ1v) is 8.05. The van der Waals surface area contributed by atoms with Gasteiger partial charge in [-0.25, -0.2) is 0 Å². The standard InChI is InChI=1S/C17H16N2OS/c18-13-6-3-5-11-8-9-19(16(11)13)17(20)15-10-12-4-1-2-7-14(12)21-15/h1-7,15H,8-10,18H2. The average molecular weight is 296 g/mol. The van der Waals surface area contributed by atoms with Crippen molar-refractivity contribution in [3.63, 3.8) is 0 Å². The monoisotopic (exact) mass is 296 g/mol. The third kappa shape index (κ3) is 2.02. The van der Waals surface area contributed by atoms with Gasteiger partial charge in [0.25, 0.3) is 0 Å². The smallest absolute Gasteiger partial charge is 0.240 e. The van der Waals surface area contributed by atoms with E-state index in [0.29, 0.717) is 5.69 Å². The molecule has 4 heteroatoms. The summed E-state index contributed by atoms with van der Waals surface area (Å²) >= 11 is 1.68. The Morgan fingerprint density at radius 2 is 1.95 bits per heavy atom. The molecular weight excluding hydrogens is 280 g/mol. The van der Waals surface area contributed by atoms with E-state index in [2.05, 4.69) is 18.2 Å². The molecule has 0 saturated heterocycles. The molecule has 2 heterocycles. The molecule has 2 aromatic carbocycles. The quantitative estimate of drug-likeness (QED) is 0.823. The summed E-state index contributed by atoms with van der Waals surface area (Å²) in [6.45, 7) is 0.746. The van der Waals surface area contributed by atoms with Crippen LogP contribution in [0.2, 0.25) is 0 Å². The van der Waals surface area contributed by atoms with Crippen molar-refractivity contribution in [1.82, 2.24) is 0 Å². The van der Waals surface area contributed by atoms with Crippen LogP contribution in [-0.2, 0) is 17.6 Å². The number of hydrogen-bond donors (Lipinski definition) is 1. The summed E-state index contributed by atoms with van der Waals surface area (Å²) in [4.78, 5) is 16.0. The average Bonchev–Trinajstić information content (AvgIpc) is 3.11. The third-order valence-corrected chi connectivity index (χ3v) is 5.52. The van der Waals surface area contributed by atoms with Gasteiger partial charge in [-0.05, 0) is 36.1 Å². The molecule has 106 valence electrons. The van der Waals surface area contributed by atoms with Crippen molar-refractivity contribution in [2.75, 3.05) is 17.2 Å². The van der Waals surface area contributed by atoms with Crippen LogP contribution < -0.4 is 10.6 Å². The van der Waals surface area contributed by atoms with Crippen LogP contribution in [0.3, 0.4) is 0 Å². The molecule has 0 spiro atoms. The van der Waals surface area contributed by atoms with Gasteiger partial charge in [0.2, 0.25) is 5.91 Å². The number of amides is 1. The van der Waals surface area contributed by atoms with Crippen molar-refractivity contribution in [2.24, 2.45) is 0 Å². The minimum absolute atomic E-state index is 0.0204. The molecule has 0 bridgehead atoms. The molecule has 1 atom stereocenters. The second-order valence-electron chi connectivity index (χ2n) is 5.51. The van der Waals surface area contributed by atoms with E-state index in [9.17, 15) is 4.79 Å². The van der Waals surface area contributed by atoms with E-state index in [1.54, 1.807) is 11.8 Å². The van der Waals surface area contributed by atoms with Crippen LogP contribution >= 0.6 is 11.8 Å². The van der Waals surface area contributed by atoms with E-state index in [0.717, 1.165) is 25.1 Å². The Hall–Kier alpha value is -1.94. The van der Waals surface area contributed by atoms with Gasteiger partial charge in [0.15, 0.2) is 0 Å². The molecule has 4 rings (SSSR count). The molecule has 2 N–H and O–H groups in total. The highest BCUT2D eigenvalue weighted by atomic mass is 32.2. The van der Waals surface area contributed by atoms with Crippen LogP contribution in [0.25, 0.3) is 0 Å². The molecule has 0 aliphatic carbocycles. The lowest BCUT2D eigenvalue weighted by Gasteiger charge is -2.22. The minimum Gasteiger partial charge on any atom is -0.397 e. The van der Waals surface area contributed by atoms with Gasteiger partial charge in [-0.15, -0.1) is 11.8 Å². The first-order valence-electron chi connectivity index (χ1n) is 7.17. The normalized spacial score (nSPS) is 19.4. The fourth-order valence-electron chi connectivity index (χ4n) is 3.20. The number of nitrogens with zero attached hydrogens (tertiary/aromatic N) is 1. The molecule has 0 fully saturated rings. The fourth-order valence-corrected chi connectivity index (χ4v) is 4.46. The first-order chi connectivity index (χ1) is 10.2. The van der Waals surface area contributed by atoms with E-state index < -0.39 is 0 Å². The van der Waals surface area contributed by atoms with Gasteiger partial charge in [0.05, 0.1) is 16.6 Å². The summed E-state index contributed by atoms with van der Waals surface area (Å²) in [6, 6.07) is 14.2. The molecule has 3 nitrogen and oxygen atoms in total. The van der Waals surface area contributed by atoms with E-state index in [-0.39, 0.29) is 11.2 Å². The summed E-state index contributed by atoms with van der Waals surface area (Å²) in [5, 5.41) is -0.0204. The van der Waals surface area contributed by atoms with Crippen molar-refractivity contribution in [2.45, 2.75) is 23.0 Å². The number of rotatable bonds is 1. The van der Waals surface area contributed by atoms with Crippen LogP contribution in [0.4, 0.5) is 11.4 Å². The highest BCUT2D eigenvalue weighted by molar-refractivity contribution is 8.01. The van der Waals surface area contributed by atoms with Gasteiger partial charge in [-0.2, -0.15) is 0 Å². The van der Waals surface area contributed by atoms with Crippen molar-refractivity contribution in [1.29, 1.82) is 0 Å². The van der Waals surface area contributed by atoms with Crippen LogP contribution in [-0.4, -0.2) is 17.7 Å². The van der Waals surface area contributed by atoms with Crippen LogP contribution in [0, 0.1) is 0 Å². The zero-order valence-electron chi connectivity index (χ0n) is 11.6. The second-order valence-corrected chi connectivity index (χ2v) is 6.76. The van der Waals surface area contributed by atoms with E-state index in [1.165, 1.54) is 16.0 Å². The van der Waals surface area contributed by atoms with Crippen LogP contribution in [0.1, 0.15) is 11.1 Å². The van der Waals surface area contributed by atoms with Crippen molar-refractivity contribution in [3.8, 4) is 0 Å². The predicted molar refractivity (Wildman–Crippen MR) is 86.7 cm³/mol. The number of nitrogens with two attached hydrogens (primary N) is 1. The topological polar surface area (TPSA) is 46.3 Å². The zero-order chi connectivity index (χ0) is 14.4. The summed E-state index contributed by atoms with van der Waals surface area (Å²) < 4.78 is 0. The Morgan fingerprint density at radius 3 is 2.81 bits per heavy atom. The Morgan fingerprint density at radius 1 is 1.14 bits per heavy atom. The number of para-hydroxylation sites is 1. The fraction of sp³-hybridized carbons (Fsp3) is 0.235. The van der Waals surface area contributed by atoms with E-state index in [4.69, 9.17) is 5.73 Å². The number of carbonyl (C=O) groups is 1. The molecule has 2 aromatic rings. The highest BCUT2D eigenvalue weighted by Gasteiger charge is 2.35. The number of carbonyl (C=O) groups excluding carboxylic acids is 1. The summed E-state index contributed by atoms with van der Waals surface area (Å²) in [7, 11) is 0. The zero-order valence-corrected chi connectivity index (χ0v) is 12.4. The van der Waals surface area contributed by atoms with Gasteiger partial charge < -0.3 is 10.6 Å². The van der Waals surface area contributed by atoms with Crippen molar-refractivity contribution < 1.29 is 4.79 Å². The molecule has 2 aliphatic heterocycles. The third-order valence-electron chi connectivity index (χ3n) is 4.21. The number of hydrogen-bond acceptors (Lipinski definition) is 3. The lowest BCUT2D eigenvalue weighted by atomic mass is 10.1. The second kappa shape index (κ2) is 4.81. The number of thioether (sulfide) groups is 1. The number of fused-ring (bicyclic) bond motifs is 2. The van der Waals surface area contributed by atoms with Gasteiger partial charge in [-0.3, -0.25) is 4.79 Å². The molecule has 0 radical (unpaired) electrons. The minimum atomic E-state index is -0.0204. The van der Waals surface area contributed by atoms with E-state index >= 15 is 0 Å². The Kier molecular flexibility index (Phi) is 2.93. The van der Waals surface area contributed by atoms with Crippen LogP contribution in [0.15, 0.2) is 47.4 Å².